The molecule has 1 aromatic heterocycles. The molecule has 0 fully saturated rings. The summed E-state index contributed by atoms with van der Waals surface area (Å²) in [7, 11) is 1.28. The zero-order valence-corrected chi connectivity index (χ0v) is 15.6. The zero-order chi connectivity index (χ0) is 19.0. The highest BCUT2D eigenvalue weighted by Crippen LogP contribution is 2.27. The molecule has 0 aliphatic rings. The smallest absolute Gasteiger partial charge is 0.311 e. The number of rotatable bonds is 3. The third-order valence-electron chi connectivity index (χ3n) is 3.69. The van der Waals surface area contributed by atoms with Crippen LogP contribution in [0.2, 0.25) is 0 Å². The molecule has 0 aliphatic carbocycles. The molecule has 3 rings (SSSR count). The molecule has 10 heteroatoms. The molecule has 1 N–H and O–H groups in total. The van der Waals surface area contributed by atoms with Crippen LogP contribution in [0.15, 0.2) is 45.7 Å². The van der Waals surface area contributed by atoms with Crippen molar-refractivity contribution in [3.63, 3.8) is 0 Å². The van der Waals surface area contributed by atoms with Crippen molar-refractivity contribution >= 4 is 50.6 Å². The number of aromatic nitrogens is 2. The highest BCUT2D eigenvalue weighted by atomic mass is 79.9. The Kier molecular flexibility index (Phi) is 4.70. The molecule has 0 unspecified atom stereocenters. The number of methoxy groups -OCH3 is 1. The molecule has 0 bridgehead atoms. The number of aromatic amines is 1. The van der Waals surface area contributed by atoms with Gasteiger partial charge in [0.1, 0.15) is 0 Å². The van der Waals surface area contributed by atoms with E-state index in [1.165, 1.54) is 19.2 Å². The second-order valence-electron chi connectivity index (χ2n) is 5.21. The number of carbonyl (C=O) groups is 1. The van der Waals surface area contributed by atoms with Crippen molar-refractivity contribution in [1.82, 2.24) is 9.55 Å². The molecule has 0 radical (unpaired) electrons. The van der Waals surface area contributed by atoms with Gasteiger partial charge in [-0.3, -0.25) is 19.7 Å². The lowest BCUT2D eigenvalue weighted by molar-refractivity contribution is -0.385. The molecular weight excluding hydrogens is 426 g/mol. The molecule has 0 atom stereocenters. The van der Waals surface area contributed by atoms with Crippen LogP contribution in [0, 0.1) is 14.9 Å². The fourth-order valence-electron chi connectivity index (χ4n) is 2.47. The predicted octanol–water partition coefficient (Wildman–Crippen LogP) is 3.43. The lowest BCUT2D eigenvalue weighted by Crippen LogP contribution is -2.29. The second kappa shape index (κ2) is 6.81. The van der Waals surface area contributed by atoms with Gasteiger partial charge in [-0.25, -0.2) is 4.57 Å². The van der Waals surface area contributed by atoms with Gasteiger partial charge in [0.25, 0.3) is 11.5 Å². The first-order valence-electron chi connectivity index (χ1n) is 7.15. The highest BCUT2D eigenvalue weighted by molar-refractivity contribution is 9.10. The van der Waals surface area contributed by atoms with Crippen molar-refractivity contribution in [2.75, 3.05) is 7.11 Å². The summed E-state index contributed by atoms with van der Waals surface area (Å²) in [6.07, 6.45) is 0. The minimum atomic E-state index is -0.774. The van der Waals surface area contributed by atoms with Crippen molar-refractivity contribution in [3.05, 3.63) is 71.7 Å². The maximum atomic E-state index is 12.8. The molecular formula is C16H10BrN3O5S. The zero-order valence-electron chi connectivity index (χ0n) is 13.2. The number of hydrogen-bond acceptors (Lipinski definition) is 6. The molecule has 3 aromatic rings. The van der Waals surface area contributed by atoms with E-state index in [9.17, 15) is 19.7 Å². The van der Waals surface area contributed by atoms with Gasteiger partial charge in [-0.05, 0) is 42.5 Å². The van der Waals surface area contributed by atoms with Gasteiger partial charge in [-0.2, -0.15) is 0 Å². The first-order valence-corrected chi connectivity index (χ1v) is 8.35. The third kappa shape index (κ3) is 3.04. The number of nitro groups is 1. The Bertz CT molecular complexity index is 1180. The van der Waals surface area contributed by atoms with Crippen LogP contribution in [0.5, 0.6) is 5.75 Å². The molecule has 1 heterocycles. The van der Waals surface area contributed by atoms with Gasteiger partial charge >= 0.3 is 5.69 Å². The molecule has 132 valence electrons. The summed E-state index contributed by atoms with van der Waals surface area (Å²) in [6, 6.07) is 8.62. The molecule has 0 spiro atoms. The van der Waals surface area contributed by atoms with Crippen molar-refractivity contribution in [3.8, 4) is 5.75 Å². The average Bonchev–Trinajstić information content (AvgIpc) is 2.61. The van der Waals surface area contributed by atoms with E-state index < -0.39 is 16.4 Å². The first-order chi connectivity index (χ1) is 12.3. The average molecular weight is 436 g/mol. The van der Waals surface area contributed by atoms with Crippen LogP contribution in [-0.2, 0) is 0 Å². The SMILES string of the molecule is COc1ccc(C(=O)n2c(=S)[nH]c3ccc(Br)cc3c2=O)cc1[N+](=O)[O-]. The van der Waals surface area contributed by atoms with Crippen molar-refractivity contribution in [2.24, 2.45) is 0 Å². The number of nitrogens with one attached hydrogen (secondary N) is 1. The van der Waals surface area contributed by atoms with Gasteiger partial charge < -0.3 is 9.72 Å². The highest BCUT2D eigenvalue weighted by Gasteiger charge is 2.21. The molecule has 0 amide bonds. The van der Waals surface area contributed by atoms with Crippen LogP contribution in [-0.4, -0.2) is 27.5 Å². The van der Waals surface area contributed by atoms with E-state index in [2.05, 4.69) is 20.9 Å². The number of carbonyl (C=O) groups excluding carboxylic acids is 1. The van der Waals surface area contributed by atoms with Gasteiger partial charge in [0.15, 0.2) is 10.5 Å². The third-order valence-corrected chi connectivity index (χ3v) is 4.46. The Morgan fingerprint density at radius 2 is 2.04 bits per heavy atom. The molecule has 0 saturated heterocycles. The normalized spacial score (nSPS) is 10.7. The number of nitro benzene ring substituents is 1. The van der Waals surface area contributed by atoms with Gasteiger partial charge in [0, 0.05) is 16.1 Å². The van der Waals surface area contributed by atoms with Crippen molar-refractivity contribution in [1.29, 1.82) is 0 Å². The van der Waals surface area contributed by atoms with Crippen LogP contribution in [0.3, 0.4) is 0 Å². The van der Waals surface area contributed by atoms with E-state index in [0.29, 0.717) is 9.99 Å². The number of fused-ring (bicyclic) bond motifs is 1. The molecule has 0 saturated carbocycles. The number of benzene rings is 2. The van der Waals surface area contributed by atoms with E-state index in [1.54, 1.807) is 18.2 Å². The summed E-state index contributed by atoms with van der Waals surface area (Å²) in [5.41, 5.74) is -0.584. The minimum Gasteiger partial charge on any atom is -0.490 e. The second-order valence-corrected chi connectivity index (χ2v) is 6.51. The van der Waals surface area contributed by atoms with Crippen molar-refractivity contribution in [2.45, 2.75) is 0 Å². The van der Waals surface area contributed by atoms with Crippen LogP contribution >= 0.6 is 28.1 Å². The van der Waals surface area contributed by atoms with Gasteiger partial charge in [-0.15, -0.1) is 0 Å². The Labute approximate surface area is 159 Å². The lowest BCUT2D eigenvalue weighted by atomic mass is 10.1. The van der Waals surface area contributed by atoms with Gasteiger partial charge in [0.05, 0.1) is 22.9 Å². The van der Waals surface area contributed by atoms with E-state index in [4.69, 9.17) is 17.0 Å². The monoisotopic (exact) mass is 435 g/mol. The minimum absolute atomic E-state index is 0.00602. The number of ether oxygens (including phenoxy) is 1. The number of H-pyrrole nitrogens is 1. The number of nitrogens with zero attached hydrogens (tertiary/aromatic N) is 2. The van der Waals surface area contributed by atoms with Crippen LogP contribution in [0.4, 0.5) is 5.69 Å². The van der Waals surface area contributed by atoms with E-state index in [0.717, 1.165) is 10.6 Å². The van der Waals surface area contributed by atoms with Crippen molar-refractivity contribution < 1.29 is 14.5 Å². The maximum absolute atomic E-state index is 12.8. The summed E-state index contributed by atoms with van der Waals surface area (Å²) in [4.78, 5) is 38.8. The summed E-state index contributed by atoms with van der Waals surface area (Å²) in [5.74, 6) is -0.768. The largest absolute Gasteiger partial charge is 0.490 e. The quantitative estimate of drug-likeness (QED) is 0.383. The van der Waals surface area contributed by atoms with Crippen LogP contribution in [0.25, 0.3) is 10.9 Å². The standard InChI is InChI=1S/C16H10BrN3O5S/c1-25-13-5-2-8(6-12(13)20(23)24)14(21)19-15(22)10-7-9(17)3-4-11(10)18-16(19)26/h2-7H,1H3,(H,18,26). The Morgan fingerprint density at radius 1 is 1.31 bits per heavy atom. The molecule has 0 aliphatic heterocycles. The molecule has 8 nitrogen and oxygen atoms in total. The molecule has 2 aromatic carbocycles. The Morgan fingerprint density at radius 3 is 2.69 bits per heavy atom. The first kappa shape index (κ1) is 18.0. The maximum Gasteiger partial charge on any atom is 0.311 e. The Hall–Kier alpha value is -2.85. The predicted molar refractivity (Wildman–Crippen MR) is 100 cm³/mol. The van der Waals surface area contributed by atoms with E-state index in [1.807, 2.05) is 0 Å². The fraction of sp³-hybridized carbons (Fsp3) is 0.0625. The van der Waals surface area contributed by atoms with Gasteiger partial charge in [0.2, 0.25) is 0 Å². The molecule has 26 heavy (non-hydrogen) atoms. The van der Waals surface area contributed by atoms with Crippen LogP contribution < -0.4 is 10.3 Å². The number of hydrogen-bond donors (Lipinski definition) is 1. The number of halogens is 1. The van der Waals surface area contributed by atoms with Gasteiger partial charge in [-0.1, -0.05) is 15.9 Å². The summed E-state index contributed by atoms with van der Waals surface area (Å²) < 4.78 is 6.24. The summed E-state index contributed by atoms with van der Waals surface area (Å²) in [6.45, 7) is 0. The lowest BCUT2D eigenvalue weighted by Gasteiger charge is -2.08. The Balaban J connectivity index is 2.23. The summed E-state index contributed by atoms with van der Waals surface area (Å²) in [5, 5.41) is 11.4. The van der Waals surface area contributed by atoms with Crippen LogP contribution in [0.1, 0.15) is 10.4 Å². The van der Waals surface area contributed by atoms with E-state index in [-0.39, 0.29) is 27.2 Å². The topological polar surface area (TPSA) is 107 Å². The fourth-order valence-corrected chi connectivity index (χ4v) is 3.10. The van der Waals surface area contributed by atoms with E-state index >= 15 is 0 Å². The summed E-state index contributed by atoms with van der Waals surface area (Å²) >= 11 is 8.40.